The lowest BCUT2D eigenvalue weighted by molar-refractivity contribution is 0.553. The average Bonchev–Trinajstić information content (AvgIpc) is 2.77. The summed E-state index contributed by atoms with van der Waals surface area (Å²) in [5.74, 6) is 0. The van der Waals surface area contributed by atoms with Gasteiger partial charge < -0.3 is 9.73 Å². The monoisotopic (exact) mass is 357 g/mol. The molecule has 0 saturated heterocycles. The minimum Gasteiger partial charge on any atom is -0.472 e. The lowest BCUT2D eigenvalue weighted by atomic mass is 10.0. The lowest BCUT2D eigenvalue weighted by Gasteiger charge is -2.17. The Morgan fingerprint density at radius 2 is 1.88 bits per heavy atom. The molecule has 90 valence electrons. The summed E-state index contributed by atoms with van der Waals surface area (Å²) >= 11 is 7.03. The molecule has 0 amide bonds. The van der Waals surface area contributed by atoms with E-state index in [0.29, 0.717) is 0 Å². The first-order valence-corrected chi connectivity index (χ1v) is 7.00. The van der Waals surface area contributed by atoms with E-state index < -0.39 is 0 Å². The maximum absolute atomic E-state index is 5.16. The molecule has 2 rings (SSSR count). The third kappa shape index (κ3) is 3.21. The van der Waals surface area contributed by atoms with Crippen LogP contribution in [0.5, 0.6) is 0 Å². The van der Waals surface area contributed by atoms with Crippen LogP contribution < -0.4 is 5.32 Å². The quantitative estimate of drug-likeness (QED) is 0.870. The summed E-state index contributed by atoms with van der Waals surface area (Å²) in [5, 5.41) is 3.45. The molecule has 0 aliphatic carbocycles. The van der Waals surface area contributed by atoms with Crippen molar-refractivity contribution in [3.8, 4) is 0 Å². The van der Waals surface area contributed by atoms with Gasteiger partial charge in [-0.25, -0.2) is 0 Å². The molecule has 0 radical (unpaired) electrons. The van der Waals surface area contributed by atoms with Crippen LogP contribution in [0.3, 0.4) is 0 Å². The van der Waals surface area contributed by atoms with E-state index in [0.717, 1.165) is 21.1 Å². The highest BCUT2D eigenvalue weighted by molar-refractivity contribution is 9.11. The summed E-state index contributed by atoms with van der Waals surface area (Å²) in [4.78, 5) is 0. The summed E-state index contributed by atoms with van der Waals surface area (Å²) in [7, 11) is 0. The molecule has 0 bridgehead atoms. The second kappa shape index (κ2) is 5.85. The van der Waals surface area contributed by atoms with Gasteiger partial charge in [-0.05, 0) is 36.4 Å². The van der Waals surface area contributed by atoms with E-state index in [1.165, 1.54) is 5.56 Å². The Hall–Kier alpha value is -0.580. The lowest BCUT2D eigenvalue weighted by Crippen LogP contribution is -2.21. The molecule has 1 unspecified atom stereocenters. The summed E-state index contributed by atoms with van der Waals surface area (Å²) in [6.45, 7) is 3.00. The third-order valence-corrected chi connectivity index (χ3v) is 3.42. The summed E-state index contributed by atoms with van der Waals surface area (Å²) in [5.41, 5.74) is 2.34. The van der Waals surface area contributed by atoms with Gasteiger partial charge in [0.2, 0.25) is 0 Å². The highest BCUT2D eigenvalue weighted by atomic mass is 79.9. The molecule has 0 aliphatic heterocycles. The number of benzene rings is 1. The Morgan fingerprint density at radius 1 is 1.18 bits per heavy atom. The molecule has 1 aromatic carbocycles. The molecular formula is C13H13Br2NO. The summed E-state index contributed by atoms with van der Waals surface area (Å²) < 4.78 is 7.29. The fourth-order valence-corrected chi connectivity index (χ4v) is 3.14. The SMILES string of the molecule is CCNC(c1ccoc1)c1cc(Br)cc(Br)c1. The highest BCUT2D eigenvalue weighted by Crippen LogP contribution is 2.28. The van der Waals surface area contributed by atoms with Gasteiger partial charge in [-0.3, -0.25) is 0 Å². The zero-order chi connectivity index (χ0) is 12.3. The topological polar surface area (TPSA) is 25.2 Å². The number of hydrogen-bond acceptors (Lipinski definition) is 2. The first kappa shape index (κ1) is 12.9. The Balaban J connectivity index is 2.38. The fraction of sp³-hybridized carbons (Fsp3) is 0.231. The zero-order valence-corrected chi connectivity index (χ0v) is 12.6. The van der Waals surface area contributed by atoms with Crippen molar-refractivity contribution in [1.82, 2.24) is 5.32 Å². The molecule has 4 heteroatoms. The van der Waals surface area contributed by atoms with Crippen molar-refractivity contribution in [1.29, 1.82) is 0 Å². The van der Waals surface area contributed by atoms with Gasteiger partial charge >= 0.3 is 0 Å². The fourth-order valence-electron chi connectivity index (χ4n) is 1.81. The highest BCUT2D eigenvalue weighted by Gasteiger charge is 2.14. The van der Waals surface area contributed by atoms with Crippen molar-refractivity contribution >= 4 is 31.9 Å². The molecule has 1 N–H and O–H groups in total. The first-order chi connectivity index (χ1) is 8.20. The van der Waals surface area contributed by atoms with E-state index in [1.54, 1.807) is 12.5 Å². The smallest absolute Gasteiger partial charge is 0.0953 e. The maximum Gasteiger partial charge on any atom is 0.0953 e. The molecule has 0 fully saturated rings. The molecule has 1 atom stereocenters. The van der Waals surface area contributed by atoms with Crippen molar-refractivity contribution in [2.24, 2.45) is 0 Å². The molecule has 2 nitrogen and oxygen atoms in total. The van der Waals surface area contributed by atoms with Crippen LogP contribution in [0.15, 0.2) is 50.2 Å². The van der Waals surface area contributed by atoms with E-state index in [4.69, 9.17) is 4.42 Å². The van der Waals surface area contributed by atoms with E-state index >= 15 is 0 Å². The molecule has 17 heavy (non-hydrogen) atoms. The molecule has 0 saturated carbocycles. The minimum atomic E-state index is 0.160. The number of hydrogen-bond donors (Lipinski definition) is 1. The van der Waals surface area contributed by atoms with Gasteiger partial charge in [0.25, 0.3) is 0 Å². The van der Waals surface area contributed by atoms with Crippen LogP contribution in [0, 0.1) is 0 Å². The van der Waals surface area contributed by atoms with Crippen molar-refractivity contribution in [3.63, 3.8) is 0 Å². The normalized spacial score (nSPS) is 12.6. The van der Waals surface area contributed by atoms with Crippen LogP contribution in [0.2, 0.25) is 0 Å². The van der Waals surface area contributed by atoms with Gasteiger partial charge in [-0.1, -0.05) is 38.8 Å². The summed E-state index contributed by atoms with van der Waals surface area (Å²) in [6, 6.07) is 8.41. The van der Waals surface area contributed by atoms with E-state index in [2.05, 4.69) is 56.2 Å². The van der Waals surface area contributed by atoms with Crippen LogP contribution in [0.1, 0.15) is 24.1 Å². The molecule has 1 aromatic heterocycles. The minimum absolute atomic E-state index is 0.160. The number of rotatable bonds is 4. The predicted molar refractivity (Wildman–Crippen MR) is 76.1 cm³/mol. The van der Waals surface area contributed by atoms with Gasteiger partial charge in [0, 0.05) is 14.5 Å². The molecule has 2 aromatic rings. The van der Waals surface area contributed by atoms with E-state index in [1.807, 2.05) is 12.1 Å². The van der Waals surface area contributed by atoms with Crippen LogP contribution >= 0.6 is 31.9 Å². The van der Waals surface area contributed by atoms with Crippen LogP contribution in [-0.4, -0.2) is 6.54 Å². The Labute approximate surface area is 118 Å². The van der Waals surface area contributed by atoms with Crippen molar-refractivity contribution in [3.05, 3.63) is 56.9 Å². The zero-order valence-electron chi connectivity index (χ0n) is 9.41. The van der Waals surface area contributed by atoms with Crippen LogP contribution in [-0.2, 0) is 0 Å². The Kier molecular flexibility index (Phi) is 4.42. The first-order valence-electron chi connectivity index (χ1n) is 5.42. The van der Waals surface area contributed by atoms with Crippen LogP contribution in [0.25, 0.3) is 0 Å². The molecule has 1 heterocycles. The van der Waals surface area contributed by atoms with Gasteiger partial charge in [-0.15, -0.1) is 0 Å². The van der Waals surface area contributed by atoms with E-state index in [9.17, 15) is 0 Å². The molecular weight excluding hydrogens is 346 g/mol. The van der Waals surface area contributed by atoms with Gasteiger partial charge in [0.05, 0.1) is 18.6 Å². The van der Waals surface area contributed by atoms with Crippen LogP contribution in [0.4, 0.5) is 0 Å². The van der Waals surface area contributed by atoms with Gasteiger partial charge in [-0.2, -0.15) is 0 Å². The largest absolute Gasteiger partial charge is 0.472 e. The second-order valence-electron chi connectivity index (χ2n) is 3.75. The van der Waals surface area contributed by atoms with Gasteiger partial charge in [0.1, 0.15) is 0 Å². The second-order valence-corrected chi connectivity index (χ2v) is 5.58. The van der Waals surface area contributed by atoms with E-state index in [-0.39, 0.29) is 6.04 Å². The number of halogens is 2. The average molecular weight is 359 g/mol. The van der Waals surface area contributed by atoms with Gasteiger partial charge in [0.15, 0.2) is 0 Å². The summed E-state index contributed by atoms with van der Waals surface area (Å²) in [6.07, 6.45) is 3.48. The standard InChI is InChI=1S/C13H13Br2NO/c1-2-16-13(9-3-4-17-8-9)10-5-11(14)7-12(15)6-10/h3-8,13,16H,2H2,1H3. The predicted octanol–water partition coefficient (Wildman–Crippen LogP) is 4.50. The maximum atomic E-state index is 5.16. The molecule has 0 spiro atoms. The van der Waals surface area contributed by atoms with Crippen molar-refractivity contribution in [2.45, 2.75) is 13.0 Å². The Morgan fingerprint density at radius 3 is 2.41 bits per heavy atom. The molecule has 0 aliphatic rings. The number of furan rings is 1. The Bertz CT molecular complexity index is 462. The van der Waals surface area contributed by atoms with Crippen molar-refractivity contribution in [2.75, 3.05) is 6.54 Å². The van der Waals surface area contributed by atoms with Crippen molar-refractivity contribution < 1.29 is 4.42 Å². The third-order valence-electron chi connectivity index (χ3n) is 2.50. The number of nitrogens with one attached hydrogen (secondary N) is 1.